The Bertz CT molecular complexity index is 777. The van der Waals surface area contributed by atoms with Crippen LogP contribution in [0.3, 0.4) is 0 Å². The van der Waals surface area contributed by atoms with E-state index in [1.807, 2.05) is 31.2 Å². The number of ether oxygens (including phenoxy) is 1. The maximum Gasteiger partial charge on any atom is 0.337 e. The van der Waals surface area contributed by atoms with Crippen LogP contribution in [0, 0.1) is 6.92 Å². The number of esters is 1. The van der Waals surface area contributed by atoms with Gasteiger partial charge in [0.2, 0.25) is 0 Å². The van der Waals surface area contributed by atoms with Crippen LogP contribution < -0.4 is 0 Å². The summed E-state index contributed by atoms with van der Waals surface area (Å²) in [6, 6.07) is 11.3. The first kappa shape index (κ1) is 14.3. The molecule has 0 spiro atoms. The van der Waals surface area contributed by atoms with Crippen LogP contribution in [0.1, 0.15) is 39.4 Å². The van der Waals surface area contributed by atoms with E-state index in [1.54, 1.807) is 12.1 Å². The van der Waals surface area contributed by atoms with Gasteiger partial charge in [-0.3, -0.25) is 4.79 Å². The van der Waals surface area contributed by atoms with Crippen molar-refractivity contribution in [1.29, 1.82) is 0 Å². The lowest BCUT2D eigenvalue weighted by atomic mass is 9.92. The van der Waals surface area contributed by atoms with Crippen molar-refractivity contribution in [3.05, 3.63) is 58.7 Å². The van der Waals surface area contributed by atoms with E-state index in [9.17, 15) is 14.7 Å². The van der Waals surface area contributed by atoms with E-state index in [0.717, 1.165) is 27.8 Å². The van der Waals surface area contributed by atoms with Crippen LogP contribution in [0.5, 0.6) is 0 Å². The molecule has 1 N–H and O–H groups in total. The van der Waals surface area contributed by atoms with Crippen molar-refractivity contribution in [1.82, 2.24) is 0 Å². The molecule has 0 saturated heterocycles. The number of aryl methyl sites for hydroxylation is 1. The maximum atomic E-state index is 11.7. The van der Waals surface area contributed by atoms with Crippen LogP contribution in [-0.2, 0) is 9.53 Å². The minimum atomic E-state index is -0.853. The van der Waals surface area contributed by atoms with E-state index in [2.05, 4.69) is 0 Å². The highest BCUT2D eigenvalue weighted by Crippen LogP contribution is 2.48. The zero-order valence-electron chi connectivity index (χ0n) is 12.4. The molecule has 0 fully saturated rings. The molecule has 2 aromatic rings. The van der Waals surface area contributed by atoms with Crippen LogP contribution in [0.15, 0.2) is 36.4 Å². The summed E-state index contributed by atoms with van der Waals surface area (Å²) in [4.78, 5) is 23.0. The van der Waals surface area contributed by atoms with Gasteiger partial charge in [-0.1, -0.05) is 24.3 Å². The van der Waals surface area contributed by atoms with E-state index in [4.69, 9.17) is 4.74 Å². The summed E-state index contributed by atoms with van der Waals surface area (Å²) in [5.74, 6) is -1.50. The van der Waals surface area contributed by atoms with Gasteiger partial charge in [0.25, 0.3) is 0 Å². The molecule has 0 radical (unpaired) electrons. The number of methoxy groups -OCH3 is 1. The van der Waals surface area contributed by atoms with Gasteiger partial charge < -0.3 is 9.84 Å². The summed E-state index contributed by atoms with van der Waals surface area (Å²) >= 11 is 0. The van der Waals surface area contributed by atoms with Crippen LogP contribution in [0.25, 0.3) is 11.1 Å². The smallest absolute Gasteiger partial charge is 0.337 e. The number of aliphatic carboxylic acids is 1. The third-order valence-corrected chi connectivity index (χ3v) is 4.18. The number of rotatable bonds is 3. The van der Waals surface area contributed by atoms with Crippen molar-refractivity contribution in [2.24, 2.45) is 0 Å². The zero-order valence-corrected chi connectivity index (χ0v) is 12.4. The van der Waals surface area contributed by atoms with Gasteiger partial charge in [0.1, 0.15) is 0 Å². The molecule has 1 aliphatic carbocycles. The zero-order chi connectivity index (χ0) is 15.9. The van der Waals surface area contributed by atoms with Gasteiger partial charge >= 0.3 is 11.9 Å². The Labute approximate surface area is 128 Å². The number of hydrogen-bond acceptors (Lipinski definition) is 3. The lowest BCUT2D eigenvalue weighted by molar-refractivity contribution is -0.137. The average molecular weight is 296 g/mol. The predicted octanol–water partition coefficient (Wildman–Crippen LogP) is 3.37. The largest absolute Gasteiger partial charge is 0.481 e. The molecule has 0 aromatic heterocycles. The highest BCUT2D eigenvalue weighted by Gasteiger charge is 2.31. The van der Waals surface area contributed by atoms with Gasteiger partial charge in [-0.15, -0.1) is 0 Å². The van der Waals surface area contributed by atoms with Crippen LogP contribution >= 0.6 is 0 Å². The van der Waals surface area contributed by atoms with Gasteiger partial charge in [0, 0.05) is 5.92 Å². The fourth-order valence-electron chi connectivity index (χ4n) is 3.23. The molecule has 0 saturated carbocycles. The maximum absolute atomic E-state index is 11.7. The molecular formula is C18H16O4. The topological polar surface area (TPSA) is 63.6 Å². The van der Waals surface area contributed by atoms with Crippen molar-refractivity contribution in [2.75, 3.05) is 7.11 Å². The van der Waals surface area contributed by atoms with Crippen molar-refractivity contribution in [2.45, 2.75) is 19.3 Å². The Morgan fingerprint density at radius 2 is 1.95 bits per heavy atom. The molecule has 0 bridgehead atoms. The predicted molar refractivity (Wildman–Crippen MR) is 82.1 cm³/mol. The lowest BCUT2D eigenvalue weighted by Gasteiger charge is -2.11. The SMILES string of the molecule is COC(=O)c1ccc2c(c1)C(CC(=O)O)c1cccc(C)c1-2. The highest BCUT2D eigenvalue weighted by atomic mass is 16.5. The molecule has 0 heterocycles. The summed E-state index contributed by atoms with van der Waals surface area (Å²) < 4.78 is 4.76. The molecule has 0 amide bonds. The van der Waals surface area contributed by atoms with Crippen LogP contribution in [-0.4, -0.2) is 24.2 Å². The second-order valence-electron chi connectivity index (χ2n) is 5.48. The van der Waals surface area contributed by atoms with E-state index >= 15 is 0 Å². The summed E-state index contributed by atoms with van der Waals surface area (Å²) in [5, 5.41) is 9.23. The molecule has 1 unspecified atom stereocenters. The number of benzene rings is 2. The van der Waals surface area contributed by atoms with Crippen molar-refractivity contribution < 1.29 is 19.4 Å². The Kier molecular flexibility index (Phi) is 3.45. The number of carboxylic acids is 1. The molecule has 2 aromatic carbocycles. The first-order chi connectivity index (χ1) is 10.5. The number of fused-ring (bicyclic) bond motifs is 3. The van der Waals surface area contributed by atoms with Gasteiger partial charge in [0.05, 0.1) is 19.1 Å². The monoisotopic (exact) mass is 296 g/mol. The summed E-state index contributed by atoms with van der Waals surface area (Å²) in [6.07, 6.45) is 0.00802. The molecule has 22 heavy (non-hydrogen) atoms. The molecular weight excluding hydrogens is 280 g/mol. The fourth-order valence-corrected chi connectivity index (χ4v) is 3.23. The lowest BCUT2D eigenvalue weighted by Crippen LogP contribution is -2.07. The normalized spacial score (nSPS) is 15.1. The quantitative estimate of drug-likeness (QED) is 0.882. The van der Waals surface area contributed by atoms with Crippen molar-refractivity contribution in [3.8, 4) is 11.1 Å². The second-order valence-corrected chi connectivity index (χ2v) is 5.48. The molecule has 1 aliphatic rings. The first-order valence-electron chi connectivity index (χ1n) is 7.07. The average Bonchev–Trinajstić information content (AvgIpc) is 2.81. The van der Waals surface area contributed by atoms with Gasteiger partial charge in [-0.05, 0) is 46.9 Å². The van der Waals surface area contributed by atoms with E-state index in [-0.39, 0.29) is 12.3 Å². The Morgan fingerprint density at radius 3 is 2.64 bits per heavy atom. The Hall–Kier alpha value is -2.62. The Morgan fingerprint density at radius 1 is 1.18 bits per heavy atom. The summed E-state index contributed by atoms with van der Waals surface area (Å²) in [5.41, 5.74) is 5.54. The molecule has 0 aliphatic heterocycles. The minimum Gasteiger partial charge on any atom is -0.481 e. The number of carbonyl (C=O) groups is 2. The molecule has 4 heteroatoms. The van der Waals surface area contributed by atoms with Gasteiger partial charge in [0.15, 0.2) is 0 Å². The third kappa shape index (κ3) is 2.17. The minimum absolute atomic E-state index is 0.00802. The molecule has 1 atom stereocenters. The molecule has 3 rings (SSSR count). The van der Waals surface area contributed by atoms with E-state index < -0.39 is 11.9 Å². The standard InChI is InChI=1S/C18H16O4/c1-10-4-3-5-12-15(9-16(19)20)14-8-11(18(21)22-2)6-7-13(14)17(10)12/h3-8,15H,9H2,1-2H3,(H,19,20). The van der Waals surface area contributed by atoms with Crippen LogP contribution in [0.2, 0.25) is 0 Å². The second kappa shape index (κ2) is 5.30. The number of carboxylic acid groups (broad SMARTS) is 1. The van der Waals surface area contributed by atoms with Crippen LogP contribution in [0.4, 0.5) is 0 Å². The van der Waals surface area contributed by atoms with E-state index in [1.165, 1.54) is 7.11 Å². The van der Waals surface area contributed by atoms with E-state index in [0.29, 0.717) is 5.56 Å². The number of carbonyl (C=O) groups excluding carboxylic acids is 1. The molecule has 112 valence electrons. The van der Waals surface area contributed by atoms with Crippen molar-refractivity contribution >= 4 is 11.9 Å². The molecule has 4 nitrogen and oxygen atoms in total. The summed E-state index contributed by atoms with van der Waals surface area (Å²) in [7, 11) is 1.34. The third-order valence-electron chi connectivity index (χ3n) is 4.18. The van der Waals surface area contributed by atoms with Crippen molar-refractivity contribution in [3.63, 3.8) is 0 Å². The number of hydrogen-bond donors (Lipinski definition) is 1. The summed E-state index contributed by atoms with van der Waals surface area (Å²) in [6.45, 7) is 2.01. The van der Waals surface area contributed by atoms with Gasteiger partial charge in [-0.25, -0.2) is 4.79 Å². The van der Waals surface area contributed by atoms with Gasteiger partial charge in [-0.2, -0.15) is 0 Å². The first-order valence-corrected chi connectivity index (χ1v) is 7.07. The highest BCUT2D eigenvalue weighted by molar-refractivity contribution is 5.92. The fraction of sp³-hybridized carbons (Fsp3) is 0.222. The Balaban J connectivity index is 2.20.